The molecule has 1 amide bonds. The Morgan fingerprint density at radius 3 is 2.50 bits per heavy atom. The van der Waals surface area contributed by atoms with Gasteiger partial charge in [-0.25, -0.2) is 0 Å². The molecule has 6 rings (SSSR count). The zero-order valence-electron chi connectivity index (χ0n) is 22.7. The molecule has 1 unspecified atom stereocenters. The van der Waals surface area contributed by atoms with Crippen molar-refractivity contribution >= 4 is 63.5 Å². The number of hydrogen-bond donors (Lipinski definition) is 1. The summed E-state index contributed by atoms with van der Waals surface area (Å²) in [6.45, 7) is 5.09. The number of fused-ring (bicyclic) bond motifs is 1. The number of anilines is 1. The van der Waals surface area contributed by atoms with E-state index in [1.54, 1.807) is 11.8 Å². The van der Waals surface area contributed by atoms with Crippen LogP contribution >= 0.6 is 35.0 Å². The summed E-state index contributed by atoms with van der Waals surface area (Å²) in [5.41, 5.74) is 5.29. The van der Waals surface area contributed by atoms with Crippen LogP contribution in [0.4, 0.5) is 5.69 Å². The Morgan fingerprint density at radius 2 is 1.73 bits per heavy atom. The summed E-state index contributed by atoms with van der Waals surface area (Å²) in [6.07, 6.45) is 6.74. The zero-order valence-corrected chi connectivity index (χ0v) is 25.1. The van der Waals surface area contributed by atoms with Gasteiger partial charge in [0.25, 0.3) is 5.91 Å². The van der Waals surface area contributed by atoms with E-state index in [2.05, 4.69) is 71.1 Å². The van der Waals surface area contributed by atoms with Crippen LogP contribution in [0.25, 0.3) is 17.0 Å². The largest absolute Gasteiger partial charge is 0.356 e. The van der Waals surface area contributed by atoms with Gasteiger partial charge in [0.2, 0.25) is 0 Å². The average Bonchev–Trinajstić information content (AvgIpc) is 3.40. The van der Waals surface area contributed by atoms with Crippen LogP contribution in [0.5, 0.6) is 0 Å². The maximum absolute atomic E-state index is 14.1. The van der Waals surface area contributed by atoms with Crippen molar-refractivity contribution in [3.8, 4) is 0 Å². The smallest absolute Gasteiger partial charge is 0.262 e. The molecule has 1 N–H and O–H groups in total. The van der Waals surface area contributed by atoms with E-state index < -0.39 is 0 Å². The first-order valence-electron chi connectivity index (χ1n) is 13.9. The van der Waals surface area contributed by atoms with E-state index in [4.69, 9.17) is 23.2 Å². The van der Waals surface area contributed by atoms with Crippen LogP contribution in [0.1, 0.15) is 49.4 Å². The topological polar surface area (TPSA) is 37.3 Å². The predicted octanol–water partition coefficient (Wildman–Crippen LogP) is 9.20. The van der Waals surface area contributed by atoms with E-state index in [-0.39, 0.29) is 17.4 Å². The van der Waals surface area contributed by atoms with Gasteiger partial charge >= 0.3 is 0 Å². The van der Waals surface area contributed by atoms with Crippen molar-refractivity contribution in [2.75, 3.05) is 5.32 Å². The first-order valence-corrected chi connectivity index (χ1v) is 15.6. The number of amides is 1. The number of halogens is 2. The number of hydrogen-bond acceptors (Lipinski definition) is 3. The molecule has 3 atom stereocenters. The van der Waals surface area contributed by atoms with Crippen LogP contribution in [-0.2, 0) is 11.3 Å². The number of para-hydroxylation sites is 2. The molecule has 3 aromatic carbocycles. The highest BCUT2D eigenvalue weighted by molar-refractivity contribution is 8.05. The van der Waals surface area contributed by atoms with Crippen molar-refractivity contribution < 1.29 is 4.79 Å². The van der Waals surface area contributed by atoms with Crippen LogP contribution in [-0.4, -0.2) is 26.9 Å². The van der Waals surface area contributed by atoms with Gasteiger partial charge in [-0.15, -0.1) is 0 Å². The van der Waals surface area contributed by atoms with Crippen LogP contribution in [0, 0.1) is 12.8 Å². The second-order valence-corrected chi connectivity index (χ2v) is 12.8. The van der Waals surface area contributed by atoms with Crippen LogP contribution in [0.3, 0.4) is 0 Å². The van der Waals surface area contributed by atoms with E-state index >= 15 is 0 Å². The molecule has 0 spiro atoms. The molecule has 0 bridgehead atoms. The van der Waals surface area contributed by atoms with Gasteiger partial charge in [-0.2, -0.15) is 0 Å². The fourth-order valence-corrected chi connectivity index (χ4v) is 7.68. The first kappa shape index (κ1) is 27.3. The molecule has 206 valence electrons. The molecule has 1 aliphatic heterocycles. The number of carbonyl (C=O) groups excluding carboxylic acids is 1. The zero-order chi connectivity index (χ0) is 27.8. The maximum atomic E-state index is 14.1. The molecule has 2 heterocycles. The molecule has 2 fully saturated rings. The Kier molecular flexibility index (Phi) is 7.89. The molecule has 1 saturated carbocycles. The summed E-state index contributed by atoms with van der Waals surface area (Å²) in [5, 5.41) is 5.90. The Morgan fingerprint density at radius 1 is 0.975 bits per heavy atom. The minimum absolute atomic E-state index is 0.123. The van der Waals surface area contributed by atoms with Crippen LogP contribution < -0.4 is 5.32 Å². The van der Waals surface area contributed by atoms with E-state index in [0.717, 1.165) is 51.2 Å². The van der Waals surface area contributed by atoms with Gasteiger partial charge < -0.3 is 14.8 Å². The third-order valence-corrected chi connectivity index (χ3v) is 10.2. The third-order valence-electron chi connectivity index (χ3n) is 8.30. The first-order chi connectivity index (χ1) is 19.4. The molecule has 7 heteroatoms. The number of rotatable bonds is 6. The van der Waals surface area contributed by atoms with E-state index in [9.17, 15) is 4.79 Å². The van der Waals surface area contributed by atoms with Gasteiger partial charge in [0.15, 0.2) is 5.50 Å². The lowest BCUT2D eigenvalue weighted by Gasteiger charge is -2.39. The fourth-order valence-electron chi connectivity index (χ4n) is 6.16. The molecule has 0 radical (unpaired) electrons. The summed E-state index contributed by atoms with van der Waals surface area (Å²) in [7, 11) is 0. The monoisotopic (exact) mass is 589 g/mol. The van der Waals surface area contributed by atoms with Crippen molar-refractivity contribution in [1.82, 2.24) is 9.47 Å². The quantitative estimate of drug-likeness (QED) is 0.228. The van der Waals surface area contributed by atoms with E-state index in [0.29, 0.717) is 22.5 Å². The normalized spacial score (nSPS) is 22.4. The molecular weight excluding hydrogens is 557 g/mol. The number of nitrogens with one attached hydrogen (secondary N) is 1. The molecular formula is C33H33Cl2N3OS. The Bertz CT molecular complexity index is 1580. The Labute approximate surface area is 250 Å². The number of carbonyl (C=O) groups is 1. The minimum Gasteiger partial charge on any atom is -0.356 e. The molecule has 1 aliphatic carbocycles. The fraction of sp³-hybridized carbons (Fsp3) is 0.303. The predicted molar refractivity (Wildman–Crippen MR) is 170 cm³/mol. The highest BCUT2D eigenvalue weighted by atomic mass is 35.5. The van der Waals surface area contributed by atoms with Gasteiger partial charge in [0, 0.05) is 40.4 Å². The SMILES string of the molecule is Cc1c(/C=C2\SC(Nc3ccccc3)N([C@H]3CCCC[C@@H]3C)C2=O)c2ccccc2n1Cc1ccc(Cl)c(Cl)c1. The summed E-state index contributed by atoms with van der Waals surface area (Å²) in [4.78, 5) is 17.0. The Hall–Kier alpha value is -2.86. The number of nitrogens with zero attached hydrogens (tertiary/aromatic N) is 2. The van der Waals surface area contributed by atoms with E-state index in [1.807, 2.05) is 36.4 Å². The third kappa shape index (κ3) is 5.27. The van der Waals surface area contributed by atoms with Gasteiger partial charge in [0.1, 0.15) is 0 Å². The standard InChI is InChI=1S/C33H33Cl2N3OS/c1-21-10-6-8-14-29(21)38-32(39)31(40-33(38)36-24-11-4-3-5-12-24)19-26-22(2)37(30-15-9-7-13-25(26)30)20-23-16-17-27(34)28(35)18-23/h3-5,7,9,11-13,15-19,21,29,33,36H,6,8,10,14,20H2,1-2H3/b31-19-/t21-,29-,33?/m0/s1. The van der Waals surface area contributed by atoms with Gasteiger partial charge in [0.05, 0.1) is 15.0 Å². The van der Waals surface area contributed by atoms with Crippen molar-refractivity contribution in [2.45, 2.75) is 57.6 Å². The summed E-state index contributed by atoms with van der Waals surface area (Å²) in [6, 6.07) is 24.6. The Balaban J connectivity index is 1.39. The molecule has 1 saturated heterocycles. The summed E-state index contributed by atoms with van der Waals surface area (Å²) >= 11 is 14.1. The van der Waals surface area contributed by atoms with Gasteiger partial charge in [-0.05, 0) is 67.7 Å². The molecule has 4 nitrogen and oxygen atoms in total. The number of thioether (sulfide) groups is 1. The lowest BCUT2D eigenvalue weighted by Crippen LogP contribution is -2.48. The molecule has 1 aromatic heterocycles. The number of aromatic nitrogens is 1. The highest BCUT2D eigenvalue weighted by Crippen LogP contribution is 2.43. The number of benzene rings is 3. The second kappa shape index (κ2) is 11.6. The minimum atomic E-state index is -0.142. The second-order valence-electron chi connectivity index (χ2n) is 10.9. The van der Waals surface area contributed by atoms with Crippen molar-refractivity contribution in [3.05, 3.63) is 105 Å². The molecule has 40 heavy (non-hydrogen) atoms. The van der Waals surface area contributed by atoms with Gasteiger partial charge in [-0.3, -0.25) is 4.79 Å². The molecule has 4 aromatic rings. The van der Waals surface area contributed by atoms with Crippen LogP contribution in [0.15, 0.2) is 77.7 Å². The lowest BCUT2D eigenvalue weighted by atomic mass is 9.85. The summed E-state index contributed by atoms with van der Waals surface area (Å²) < 4.78 is 2.30. The van der Waals surface area contributed by atoms with Crippen molar-refractivity contribution in [1.29, 1.82) is 0 Å². The highest BCUT2D eigenvalue weighted by Gasteiger charge is 2.43. The lowest BCUT2D eigenvalue weighted by molar-refractivity contribution is -0.129. The average molecular weight is 591 g/mol. The summed E-state index contributed by atoms with van der Waals surface area (Å²) in [5.74, 6) is 0.602. The molecule has 2 aliphatic rings. The van der Waals surface area contributed by atoms with Crippen molar-refractivity contribution in [2.24, 2.45) is 5.92 Å². The van der Waals surface area contributed by atoms with Gasteiger partial charge in [-0.1, -0.05) is 97.2 Å². The van der Waals surface area contributed by atoms with E-state index in [1.165, 1.54) is 12.8 Å². The van der Waals surface area contributed by atoms with Crippen molar-refractivity contribution in [3.63, 3.8) is 0 Å². The maximum Gasteiger partial charge on any atom is 0.262 e. The van der Waals surface area contributed by atoms with Crippen LogP contribution in [0.2, 0.25) is 10.0 Å².